The molecule has 66 valence electrons. The molecule has 1 aromatic carbocycles. The van der Waals surface area contributed by atoms with Crippen molar-refractivity contribution < 1.29 is 23.2 Å². The van der Waals surface area contributed by atoms with Gasteiger partial charge in [-0.1, -0.05) is 0 Å². The van der Waals surface area contributed by atoms with Crippen molar-refractivity contribution in [3.8, 4) is 11.5 Å². The van der Waals surface area contributed by atoms with E-state index in [0.717, 1.165) is 18.2 Å². The standard InChI is InChI=1S/C6H6O5S.Ca/c7-4-1-2-5(8)6(3-4)12(9,10)11;/h1-3,7-8H,(H,9,10,11);/q;+2. The number of hydrogen-bond donors (Lipinski definition) is 3. The fraction of sp³-hybridized carbons (Fsp3) is 0. The molecule has 0 spiro atoms. The number of phenols is 2. The van der Waals surface area contributed by atoms with E-state index in [1.54, 1.807) is 0 Å². The summed E-state index contributed by atoms with van der Waals surface area (Å²) in [6, 6.07) is 2.83. The zero-order valence-corrected chi connectivity index (χ0v) is 9.53. The summed E-state index contributed by atoms with van der Waals surface area (Å²) in [7, 11) is -4.47. The van der Waals surface area contributed by atoms with Crippen molar-refractivity contribution in [3.63, 3.8) is 0 Å². The van der Waals surface area contributed by atoms with Crippen LogP contribution >= 0.6 is 0 Å². The molecular formula is C6H6CaO5S+2. The van der Waals surface area contributed by atoms with E-state index in [-0.39, 0.29) is 43.5 Å². The normalized spacial score (nSPS) is 10.5. The molecule has 0 unspecified atom stereocenters. The average Bonchev–Trinajstić information content (AvgIpc) is 1.92. The van der Waals surface area contributed by atoms with Crippen LogP contribution in [0.5, 0.6) is 11.5 Å². The van der Waals surface area contributed by atoms with E-state index in [4.69, 9.17) is 14.8 Å². The Hall–Kier alpha value is -0.0103. The Morgan fingerprint density at radius 2 is 1.69 bits per heavy atom. The van der Waals surface area contributed by atoms with E-state index in [1.165, 1.54) is 0 Å². The van der Waals surface area contributed by atoms with Gasteiger partial charge < -0.3 is 10.2 Å². The summed E-state index contributed by atoms with van der Waals surface area (Å²) in [6.45, 7) is 0. The van der Waals surface area contributed by atoms with Gasteiger partial charge in [0.2, 0.25) is 0 Å². The van der Waals surface area contributed by atoms with Crippen LogP contribution in [0.25, 0.3) is 0 Å². The van der Waals surface area contributed by atoms with Gasteiger partial charge >= 0.3 is 37.7 Å². The number of phenolic OH excluding ortho intramolecular Hbond substituents is 2. The van der Waals surface area contributed by atoms with E-state index >= 15 is 0 Å². The minimum Gasteiger partial charge on any atom is -0.508 e. The average molecular weight is 230 g/mol. The molecule has 0 saturated carbocycles. The van der Waals surface area contributed by atoms with Gasteiger partial charge in [0.05, 0.1) is 0 Å². The van der Waals surface area contributed by atoms with E-state index in [2.05, 4.69) is 0 Å². The SMILES string of the molecule is O=S(=O)(O)c1cc(O)ccc1O.[Ca+2]. The van der Waals surface area contributed by atoms with Gasteiger partial charge in [0, 0.05) is 6.07 Å². The molecule has 0 aliphatic heterocycles. The fourth-order valence-electron chi connectivity index (χ4n) is 0.709. The largest absolute Gasteiger partial charge is 2.00 e. The van der Waals surface area contributed by atoms with Gasteiger partial charge in [-0.15, -0.1) is 0 Å². The molecule has 13 heavy (non-hydrogen) atoms. The van der Waals surface area contributed by atoms with Crippen LogP contribution in [0.4, 0.5) is 0 Å². The molecule has 0 aromatic heterocycles. The second kappa shape index (κ2) is 4.47. The third-order valence-corrected chi connectivity index (χ3v) is 2.10. The van der Waals surface area contributed by atoms with Crippen molar-refractivity contribution in [2.24, 2.45) is 0 Å². The third-order valence-electron chi connectivity index (χ3n) is 1.22. The Balaban J connectivity index is 0.00000144. The van der Waals surface area contributed by atoms with Crippen LogP contribution in [0.3, 0.4) is 0 Å². The van der Waals surface area contributed by atoms with Crippen LogP contribution in [0, 0.1) is 0 Å². The third kappa shape index (κ3) is 3.32. The van der Waals surface area contributed by atoms with Crippen molar-refractivity contribution in [1.82, 2.24) is 0 Å². The quantitative estimate of drug-likeness (QED) is 0.357. The summed E-state index contributed by atoms with van der Waals surface area (Å²) in [4.78, 5) is -0.706. The van der Waals surface area contributed by atoms with Gasteiger partial charge in [0.25, 0.3) is 10.1 Å². The molecule has 0 heterocycles. The molecule has 0 fully saturated rings. The van der Waals surface area contributed by atoms with Gasteiger partial charge in [-0.25, -0.2) is 0 Å². The zero-order chi connectivity index (χ0) is 9.35. The van der Waals surface area contributed by atoms with Crippen LogP contribution in [-0.2, 0) is 10.1 Å². The predicted molar refractivity (Wildman–Crippen MR) is 45.3 cm³/mol. The Labute approximate surface area is 105 Å². The maximum atomic E-state index is 10.5. The van der Waals surface area contributed by atoms with Crippen LogP contribution in [-0.4, -0.2) is 60.9 Å². The molecule has 0 saturated heterocycles. The summed E-state index contributed by atoms with van der Waals surface area (Å²) in [5.41, 5.74) is 0. The Morgan fingerprint density at radius 3 is 2.08 bits per heavy atom. The number of aromatic hydroxyl groups is 2. The van der Waals surface area contributed by atoms with Crippen LogP contribution < -0.4 is 0 Å². The van der Waals surface area contributed by atoms with Crippen LogP contribution in [0.2, 0.25) is 0 Å². The Bertz CT molecular complexity index is 399. The summed E-state index contributed by atoms with van der Waals surface area (Å²) in [5, 5.41) is 17.7. The van der Waals surface area contributed by atoms with E-state index in [9.17, 15) is 8.42 Å². The van der Waals surface area contributed by atoms with Crippen molar-refractivity contribution in [3.05, 3.63) is 18.2 Å². The first-order valence-corrected chi connectivity index (χ1v) is 4.35. The second-order valence-corrected chi connectivity index (χ2v) is 3.52. The molecule has 0 aliphatic carbocycles. The van der Waals surface area contributed by atoms with Gasteiger partial charge in [-0.2, -0.15) is 8.42 Å². The Morgan fingerprint density at radius 1 is 1.15 bits per heavy atom. The zero-order valence-electron chi connectivity index (χ0n) is 6.51. The summed E-state index contributed by atoms with van der Waals surface area (Å²) < 4.78 is 29.5. The van der Waals surface area contributed by atoms with Crippen LogP contribution in [0.15, 0.2) is 23.1 Å². The Kier molecular flexibility index (Phi) is 4.47. The molecule has 0 amide bonds. The molecular weight excluding hydrogens is 224 g/mol. The molecule has 5 nitrogen and oxygen atoms in total. The number of benzene rings is 1. The van der Waals surface area contributed by atoms with Gasteiger partial charge in [-0.05, 0) is 12.1 Å². The monoisotopic (exact) mass is 230 g/mol. The van der Waals surface area contributed by atoms with Gasteiger partial charge in [0.1, 0.15) is 16.4 Å². The van der Waals surface area contributed by atoms with Gasteiger partial charge in [-0.3, -0.25) is 4.55 Å². The van der Waals surface area contributed by atoms with Crippen molar-refractivity contribution in [2.45, 2.75) is 4.90 Å². The maximum absolute atomic E-state index is 10.5. The molecule has 1 aromatic rings. The smallest absolute Gasteiger partial charge is 0.508 e. The summed E-state index contributed by atoms with van der Waals surface area (Å²) in [5.74, 6) is -0.948. The van der Waals surface area contributed by atoms with E-state index in [0.29, 0.717) is 0 Å². The van der Waals surface area contributed by atoms with Crippen molar-refractivity contribution in [2.75, 3.05) is 0 Å². The fourth-order valence-corrected chi connectivity index (χ4v) is 1.31. The first kappa shape index (κ1) is 13.0. The molecule has 0 bridgehead atoms. The number of hydrogen-bond acceptors (Lipinski definition) is 4. The minimum absolute atomic E-state index is 0. The molecule has 3 N–H and O–H groups in total. The summed E-state index contributed by atoms with van der Waals surface area (Å²) in [6.07, 6.45) is 0. The molecule has 1 rings (SSSR count). The maximum Gasteiger partial charge on any atom is 2.00 e. The van der Waals surface area contributed by atoms with Crippen molar-refractivity contribution >= 4 is 47.9 Å². The first-order valence-electron chi connectivity index (χ1n) is 2.91. The molecule has 0 atom stereocenters. The first-order chi connectivity index (χ1) is 5.41. The topological polar surface area (TPSA) is 94.8 Å². The van der Waals surface area contributed by atoms with Gasteiger partial charge in [0.15, 0.2) is 0 Å². The second-order valence-electron chi connectivity index (χ2n) is 2.13. The van der Waals surface area contributed by atoms with E-state index < -0.39 is 20.8 Å². The van der Waals surface area contributed by atoms with E-state index in [1.807, 2.05) is 0 Å². The van der Waals surface area contributed by atoms with Crippen molar-refractivity contribution in [1.29, 1.82) is 0 Å². The molecule has 0 aliphatic rings. The molecule has 7 heteroatoms. The van der Waals surface area contributed by atoms with Crippen LogP contribution in [0.1, 0.15) is 0 Å². The minimum atomic E-state index is -4.47. The summed E-state index contributed by atoms with van der Waals surface area (Å²) >= 11 is 0. The number of rotatable bonds is 1. The molecule has 0 radical (unpaired) electrons. The predicted octanol–water partition coefficient (Wildman–Crippen LogP) is -0.0363.